The van der Waals surface area contributed by atoms with Gasteiger partial charge in [-0.15, -0.1) is 11.6 Å². The van der Waals surface area contributed by atoms with Crippen molar-refractivity contribution in [3.8, 4) is 0 Å². The van der Waals surface area contributed by atoms with Crippen molar-refractivity contribution in [3.63, 3.8) is 0 Å². The number of halogens is 1. The Labute approximate surface area is 89.7 Å². The lowest BCUT2D eigenvalue weighted by Gasteiger charge is -2.39. The van der Waals surface area contributed by atoms with Gasteiger partial charge >= 0.3 is 5.97 Å². The van der Waals surface area contributed by atoms with Gasteiger partial charge in [0.1, 0.15) is 5.38 Å². The van der Waals surface area contributed by atoms with Crippen molar-refractivity contribution in [2.75, 3.05) is 0 Å². The Morgan fingerprint density at radius 1 is 1.57 bits per heavy atom. The Bertz CT molecular complexity index is 225. The molecule has 0 amide bonds. The molecule has 0 aliphatic carbocycles. The van der Waals surface area contributed by atoms with Crippen molar-refractivity contribution in [3.05, 3.63) is 0 Å². The molecule has 0 saturated carbocycles. The zero-order valence-electron chi connectivity index (χ0n) is 9.04. The second-order valence-corrected chi connectivity index (χ2v) is 5.08. The van der Waals surface area contributed by atoms with Crippen LogP contribution in [0.15, 0.2) is 0 Å². The van der Waals surface area contributed by atoms with Gasteiger partial charge in [-0.1, -0.05) is 13.8 Å². The predicted molar refractivity (Wildman–Crippen MR) is 54.1 cm³/mol. The maximum absolute atomic E-state index is 11.3. The number of rotatable bonds is 2. The molecule has 2 unspecified atom stereocenters. The summed E-state index contributed by atoms with van der Waals surface area (Å²) >= 11 is 6.18. The van der Waals surface area contributed by atoms with Gasteiger partial charge in [-0.2, -0.15) is 0 Å². The third-order valence-electron chi connectivity index (χ3n) is 2.24. The van der Waals surface area contributed by atoms with Crippen molar-refractivity contribution in [2.45, 2.75) is 51.9 Å². The van der Waals surface area contributed by atoms with Crippen molar-refractivity contribution in [1.82, 2.24) is 0 Å². The zero-order chi connectivity index (χ0) is 10.9. The Balaban J connectivity index is 2.70. The second kappa shape index (κ2) is 4.07. The van der Waals surface area contributed by atoms with E-state index in [2.05, 4.69) is 0 Å². The summed E-state index contributed by atoms with van der Waals surface area (Å²) in [6.45, 7) is 7.67. The van der Waals surface area contributed by atoms with Crippen molar-refractivity contribution >= 4 is 17.6 Å². The van der Waals surface area contributed by atoms with E-state index in [9.17, 15) is 4.79 Å². The SMILES string of the molecule is CC(C)OC1OC(=O)CC(C)(C)C1Cl. The van der Waals surface area contributed by atoms with Crippen molar-refractivity contribution in [2.24, 2.45) is 5.41 Å². The number of hydrogen-bond acceptors (Lipinski definition) is 3. The topological polar surface area (TPSA) is 35.5 Å². The molecule has 1 aliphatic rings. The van der Waals surface area contributed by atoms with Crippen LogP contribution >= 0.6 is 11.6 Å². The van der Waals surface area contributed by atoms with Crippen LogP contribution in [0, 0.1) is 5.41 Å². The first-order valence-electron chi connectivity index (χ1n) is 4.82. The first kappa shape index (κ1) is 11.8. The number of carbonyl (C=O) groups excluding carboxylic acids is 1. The van der Waals surface area contributed by atoms with E-state index in [1.54, 1.807) is 0 Å². The van der Waals surface area contributed by atoms with E-state index in [0.29, 0.717) is 6.42 Å². The largest absolute Gasteiger partial charge is 0.434 e. The quantitative estimate of drug-likeness (QED) is 0.529. The lowest BCUT2D eigenvalue weighted by Crippen LogP contribution is -2.47. The van der Waals surface area contributed by atoms with E-state index in [0.717, 1.165) is 0 Å². The van der Waals surface area contributed by atoms with Gasteiger partial charge in [0.2, 0.25) is 6.29 Å². The molecule has 14 heavy (non-hydrogen) atoms. The third kappa shape index (κ3) is 2.61. The van der Waals surface area contributed by atoms with Crippen LogP contribution in [0.1, 0.15) is 34.1 Å². The number of cyclic esters (lactones) is 1. The second-order valence-electron chi connectivity index (χ2n) is 4.61. The summed E-state index contributed by atoms with van der Waals surface area (Å²) in [4.78, 5) is 11.3. The fourth-order valence-corrected chi connectivity index (χ4v) is 1.62. The van der Waals surface area contributed by atoms with Gasteiger partial charge < -0.3 is 9.47 Å². The van der Waals surface area contributed by atoms with E-state index in [1.807, 2.05) is 27.7 Å². The van der Waals surface area contributed by atoms with E-state index in [4.69, 9.17) is 21.1 Å². The average Bonchev–Trinajstić information content (AvgIpc) is 1.97. The summed E-state index contributed by atoms with van der Waals surface area (Å²) in [6, 6.07) is 0. The summed E-state index contributed by atoms with van der Waals surface area (Å²) in [7, 11) is 0. The van der Waals surface area contributed by atoms with Crippen LogP contribution in [0.5, 0.6) is 0 Å². The summed E-state index contributed by atoms with van der Waals surface area (Å²) in [5.74, 6) is -0.238. The Kier molecular flexibility index (Phi) is 3.43. The average molecular weight is 221 g/mol. The molecule has 0 spiro atoms. The molecule has 0 aromatic rings. The minimum absolute atomic E-state index is 0.00273. The van der Waals surface area contributed by atoms with Crippen LogP contribution in [0.25, 0.3) is 0 Å². The smallest absolute Gasteiger partial charge is 0.308 e. The van der Waals surface area contributed by atoms with Gasteiger partial charge in [0.05, 0.1) is 12.5 Å². The van der Waals surface area contributed by atoms with Gasteiger partial charge in [0, 0.05) is 0 Å². The molecular weight excluding hydrogens is 204 g/mol. The number of alkyl halides is 1. The maximum Gasteiger partial charge on any atom is 0.308 e. The highest BCUT2D eigenvalue weighted by molar-refractivity contribution is 6.21. The van der Waals surface area contributed by atoms with Gasteiger partial charge in [-0.25, -0.2) is 0 Å². The number of hydrogen-bond donors (Lipinski definition) is 0. The van der Waals surface area contributed by atoms with Crippen LogP contribution in [-0.2, 0) is 14.3 Å². The Morgan fingerprint density at radius 2 is 2.14 bits per heavy atom. The van der Waals surface area contributed by atoms with E-state index < -0.39 is 6.29 Å². The lowest BCUT2D eigenvalue weighted by atomic mass is 9.83. The normalized spacial score (nSPS) is 31.7. The molecule has 0 N–H and O–H groups in total. The molecule has 4 heteroatoms. The number of ether oxygens (including phenoxy) is 2. The van der Waals surface area contributed by atoms with Gasteiger partial charge in [-0.05, 0) is 19.3 Å². The molecule has 82 valence electrons. The minimum Gasteiger partial charge on any atom is -0.434 e. The molecule has 0 aromatic heterocycles. The Morgan fingerprint density at radius 3 is 2.64 bits per heavy atom. The van der Waals surface area contributed by atoms with Crippen LogP contribution in [-0.4, -0.2) is 23.7 Å². The van der Waals surface area contributed by atoms with Gasteiger partial charge in [0.15, 0.2) is 0 Å². The van der Waals surface area contributed by atoms with Crippen LogP contribution in [0.4, 0.5) is 0 Å². The maximum atomic E-state index is 11.3. The fourth-order valence-electron chi connectivity index (χ4n) is 1.43. The van der Waals surface area contributed by atoms with Crippen molar-refractivity contribution < 1.29 is 14.3 Å². The standard InChI is InChI=1S/C10H17ClO3/c1-6(2)13-9-8(11)10(3,4)5-7(12)14-9/h6,8-9H,5H2,1-4H3. The summed E-state index contributed by atoms with van der Waals surface area (Å²) in [6.07, 6.45) is -0.269. The number of carbonyl (C=O) groups is 1. The molecule has 2 atom stereocenters. The molecular formula is C10H17ClO3. The summed E-state index contributed by atoms with van der Waals surface area (Å²) in [5, 5.41) is -0.289. The number of esters is 1. The third-order valence-corrected chi connectivity index (χ3v) is 3.04. The molecule has 3 nitrogen and oxygen atoms in total. The molecule has 1 aliphatic heterocycles. The summed E-state index contributed by atoms with van der Waals surface area (Å²) in [5.41, 5.74) is -0.267. The minimum atomic E-state index is -0.618. The van der Waals surface area contributed by atoms with Gasteiger partial charge in [-0.3, -0.25) is 4.79 Å². The lowest BCUT2D eigenvalue weighted by molar-refractivity contribution is -0.207. The monoisotopic (exact) mass is 220 g/mol. The summed E-state index contributed by atoms with van der Waals surface area (Å²) < 4.78 is 10.5. The van der Waals surface area contributed by atoms with Gasteiger partial charge in [0.25, 0.3) is 0 Å². The Hall–Kier alpha value is -0.280. The van der Waals surface area contributed by atoms with E-state index >= 15 is 0 Å². The molecule has 1 saturated heterocycles. The highest BCUT2D eigenvalue weighted by atomic mass is 35.5. The molecule has 1 fully saturated rings. The van der Waals surface area contributed by atoms with E-state index in [1.165, 1.54) is 0 Å². The van der Waals surface area contributed by atoms with Crippen LogP contribution < -0.4 is 0 Å². The zero-order valence-corrected chi connectivity index (χ0v) is 9.80. The first-order chi connectivity index (χ1) is 6.33. The predicted octanol–water partition coefficient (Wildman–Crippen LogP) is 2.32. The first-order valence-corrected chi connectivity index (χ1v) is 5.25. The molecule has 0 radical (unpaired) electrons. The highest BCUT2D eigenvalue weighted by Gasteiger charge is 2.44. The molecule has 0 bridgehead atoms. The highest BCUT2D eigenvalue weighted by Crippen LogP contribution is 2.37. The molecule has 1 heterocycles. The molecule has 1 rings (SSSR count). The van der Waals surface area contributed by atoms with Crippen LogP contribution in [0.3, 0.4) is 0 Å². The molecule has 0 aromatic carbocycles. The van der Waals surface area contributed by atoms with E-state index in [-0.39, 0.29) is 22.9 Å². The fraction of sp³-hybridized carbons (Fsp3) is 0.900. The van der Waals surface area contributed by atoms with Crippen molar-refractivity contribution in [1.29, 1.82) is 0 Å². The van der Waals surface area contributed by atoms with Crippen LogP contribution in [0.2, 0.25) is 0 Å².